The third-order valence-corrected chi connectivity index (χ3v) is 3.32. The van der Waals surface area contributed by atoms with Crippen LogP contribution < -0.4 is 11.3 Å². The van der Waals surface area contributed by atoms with Gasteiger partial charge in [-0.1, -0.05) is 19.8 Å². The lowest BCUT2D eigenvalue weighted by Gasteiger charge is -2.28. The van der Waals surface area contributed by atoms with Crippen LogP contribution in [0, 0.1) is 5.92 Å². The molecule has 1 rings (SSSR count). The van der Waals surface area contributed by atoms with E-state index in [2.05, 4.69) is 12.3 Å². The predicted molar refractivity (Wildman–Crippen MR) is 63.6 cm³/mol. The van der Waals surface area contributed by atoms with E-state index in [1.807, 2.05) is 0 Å². The molecule has 3 N–H and O–H groups in total. The predicted octanol–water partition coefficient (Wildman–Crippen LogP) is 1.74. The van der Waals surface area contributed by atoms with Gasteiger partial charge in [0.25, 0.3) is 0 Å². The summed E-state index contributed by atoms with van der Waals surface area (Å²) < 4.78 is 5.85. The number of amides is 1. The number of nitrogens with one attached hydrogen (secondary N) is 1. The minimum absolute atomic E-state index is 0.0916. The van der Waals surface area contributed by atoms with Gasteiger partial charge >= 0.3 is 0 Å². The Balaban J connectivity index is 1.99. The molecule has 0 aromatic carbocycles. The van der Waals surface area contributed by atoms with Crippen LogP contribution >= 0.6 is 0 Å². The Labute approximate surface area is 97.9 Å². The molecule has 0 aromatic heterocycles. The molecule has 1 aliphatic carbocycles. The second kappa shape index (κ2) is 7.63. The van der Waals surface area contributed by atoms with Crippen molar-refractivity contribution >= 4 is 5.91 Å². The van der Waals surface area contributed by atoms with E-state index in [1.165, 1.54) is 25.7 Å². The standard InChI is InChI=1S/C12H24N2O2/c1-10-6-2-3-7-11(10)16-9-5-4-8-12(15)14-13/h10-11H,2-9,13H2,1H3,(H,14,15). The molecule has 0 saturated heterocycles. The average molecular weight is 228 g/mol. The number of carbonyl (C=O) groups is 1. The van der Waals surface area contributed by atoms with Gasteiger partial charge < -0.3 is 4.74 Å². The van der Waals surface area contributed by atoms with E-state index >= 15 is 0 Å². The SMILES string of the molecule is CC1CCCCC1OCCCCC(=O)NN. The molecule has 4 nitrogen and oxygen atoms in total. The van der Waals surface area contributed by atoms with Gasteiger partial charge in [0.15, 0.2) is 0 Å². The lowest BCUT2D eigenvalue weighted by molar-refractivity contribution is -0.121. The number of hydrogen-bond donors (Lipinski definition) is 2. The van der Waals surface area contributed by atoms with E-state index in [0.717, 1.165) is 19.4 Å². The molecule has 2 unspecified atom stereocenters. The first-order chi connectivity index (χ1) is 7.74. The van der Waals surface area contributed by atoms with Crippen molar-refractivity contribution in [2.45, 2.75) is 58.0 Å². The van der Waals surface area contributed by atoms with E-state index in [1.54, 1.807) is 0 Å². The molecule has 0 aliphatic heterocycles. The van der Waals surface area contributed by atoms with Gasteiger partial charge in [-0.15, -0.1) is 0 Å². The number of carbonyl (C=O) groups excluding carboxylic acids is 1. The van der Waals surface area contributed by atoms with Crippen LogP contribution in [0.1, 0.15) is 51.9 Å². The fourth-order valence-electron chi connectivity index (χ4n) is 2.22. The third-order valence-electron chi connectivity index (χ3n) is 3.32. The second-order valence-electron chi connectivity index (χ2n) is 4.70. The van der Waals surface area contributed by atoms with Crippen LogP contribution in [0.3, 0.4) is 0 Å². The van der Waals surface area contributed by atoms with Gasteiger partial charge in [-0.25, -0.2) is 5.84 Å². The summed E-state index contributed by atoms with van der Waals surface area (Å²) in [5.74, 6) is 5.59. The molecule has 0 bridgehead atoms. The van der Waals surface area contributed by atoms with Crippen LogP contribution in [-0.2, 0) is 9.53 Å². The highest BCUT2D eigenvalue weighted by Crippen LogP contribution is 2.26. The fraction of sp³-hybridized carbons (Fsp3) is 0.917. The molecule has 16 heavy (non-hydrogen) atoms. The summed E-state index contributed by atoms with van der Waals surface area (Å²) >= 11 is 0. The van der Waals surface area contributed by atoms with Crippen LogP contribution in [0.25, 0.3) is 0 Å². The van der Waals surface area contributed by atoms with E-state index in [4.69, 9.17) is 10.6 Å². The molecule has 0 radical (unpaired) electrons. The summed E-state index contributed by atoms with van der Waals surface area (Å²) in [5.41, 5.74) is 2.13. The highest BCUT2D eigenvalue weighted by Gasteiger charge is 2.21. The van der Waals surface area contributed by atoms with Crippen LogP contribution in [0.5, 0.6) is 0 Å². The van der Waals surface area contributed by atoms with Gasteiger partial charge in [-0.3, -0.25) is 10.2 Å². The molecule has 1 amide bonds. The van der Waals surface area contributed by atoms with Crippen LogP contribution in [-0.4, -0.2) is 18.6 Å². The summed E-state index contributed by atoms with van der Waals surface area (Å²) in [5, 5.41) is 0. The van der Waals surface area contributed by atoms with Crippen LogP contribution in [0.2, 0.25) is 0 Å². The molecule has 2 atom stereocenters. The first-order valence-electron chi connectivity index (χ1n) is 6.35. The third kappa shape index (κ3) is 4.94. The second-order valence-corrected chi connectivity index (χ2v) is 4.70. The lowest BCUT2D eigenvalue weighted by atomic mass is 9.88. The van der Waals surface area contributed by atoms with Crippen molar-refractivity contribution in [2.75, 3.05) is 6.61 Å². The summed E-state index contributed by atoms with van der Waals surface area (Å²) in [4.78, 5) is 10.9. The van der Waals surface area contributed by atoms with Crippen molar-refractivity contribution in [3.8, 4) is 0 Å². The van der Waals surface area contributed by atoms with Crippen LogP contribution in [0.15, 0.2) is 0 Å². The molecule has 1 aliphatic rings. The molecule has 94 valence electrons. The van der Waals surface area contributed by atoms with Gasteiger partial charge in [-0.05, 0) is 31.6 Å². The monoisotopic (exact) mass is 228 g/mol. The number of hydrazine groups is 1. The van der Waals surface area contributed by atoms with Crippen molar-refractivity contribution in [3.05, 3.63) is 0 Å². The quantitative estimate of drug-likeness (QED) is 0.315. The van der Waals surface area contributed by atoms with E-state index in [9.17, 15) is 4.79 Å². The van der Waals surface area contributed by atoms with Crippen molar-refractivity contribution in [1.82, 2.24) is 5.43 Å². The maximum absolute atomic E-state index is 10.9. The largest absolute Gasteiger partial charge is 0.378 e. The summed E-state index contributed by atoms with van der Waals surface area (Å²) in [6.45, 7) is 3.04. The van der Waals surface area contributed by atoms with Gasteiger partial charge in [0.05, 0.1) is 6.10 Å². The van der Waals surface area contributed by atoms with Crippen LogP contribution in [0.4, 0.5) is 0 Å². The van der Waals surface area contributed by atoms with Gasteiger partial charge in [0.2, 0.25) is 5.91 Å². The fourth-order valence-corrected chi connectivity index (χ4v) is 2.22. The summed E-state index contributed by atoms with van der Waals surface area (Å²) in [6.07, 6.45) is 7.87. The zero-order chi connectivity index (χ0) is 11.8. The highest BCUT2D eigenvalue weighted by molar-refractivity contribution is 5.74. The topological polar surface area (TPSA) is 64.3 Å². The molecule has 0 heterocycles. The lowest BCUT2D eigenvalue weighted by Crippen LogP contribution is -2.29. The zero-order valence-corrected chi connectivity index (χ0v) is 10.2. The maximum Gasteiger partial charge on any atom is 0.233 e. The smallest absolute Gasteiger partial charge is 0.233 e. The summed E-state index contributed by atoms with van der Waals surface area (Å²) in [6, 6.07) is 0. The molecule has 0 aromatic rings. The van der Waals surface area contributed by atoms with Crippen molar-refractivity contribution in [1.29, 1.82) is 0 Å². The van der Waals surface area contributed by atoms with E-state index in [-0.39, 0.29) is 5.91 Å². The Morgan fingerprint density at radius 2 is 2.12 bits per heavy atom. The first kappa shape index (κ1) is 13.5. The number of nitrogens with two attached hydrogens (primary N) is 1. The maximum atomic E-state index is 10.9. The minimum atomic E-state index is -0.0916. The molecule has 0 spiro atoms. The molecular formula is C12H24N2O2. The highest BCUT2D eigenvalue weighted by atomic mass is 16.5. The van der Waals surface area contributed by atoms with Gasteiger partial charge in [0.1, 0.15) is 0 Å². The van der Waals surface area contributed by atoms with Gasteiger partial charge in [-0.2, -0.15) is 0 Å². The Kier molecular flexibility index (Phi) is 6.42. The molecular weight excluding hydrogens is 204 g/mol. The number of hydrogen-bond acceptors (Lipinski definition) is 3. The Bertz CT molecular complexity index is 209. The first-order valence-corrected chi connectivity index (χ1v) is 6.35. The van der Waals surface area contributed by atoms with Crippen molar-refractivity contribution < 1.29 is 9.53 Å². The molecule has 1 saturated carbocycles. The van der Waals surface area contributed by atoms with E-state index in [0.29, 0.717) is 18.4 Å². The number of unbranched alkanes of at least 4 members (excludes halogenated alkanes) is 1. The van der Waals surface area contributed by atoms with Crippen molar-refractivity contribution in [2.24, 2.45) is 11.8 Å². The Morgan fingerprint density at radius 3 is 2.81 bits per heavy atom. The Morgan fingerprint density at radius 1 is 1.38 bits per heavy atom. The number of ether oxygens (including phenoxy) is 1. The van der Waals surface area contributed by atoms with Crippen molar-refractivity contribution in [3.63, 3.8) is 0 Å². The Hall–Kier alpha value is -0.610. The number of rotatable bonds is 6. The van der Waals surface area contributed by atoms with Gasteiger partial charge in [0, 0.05) is 13.0 Å². The molecule has 1 fully saturated rings. The zero-order valence-electron chi connectivity index (χ0n) is 10.2. The normalized spacial score (nSPS) is 25.4. The average Bonchev–Trinajstić information content (AvgIpc) is 2.30. The minimum Gasteiger partial charge on any atom is -0.378 e. The van der Waals surface area contributed by atoms with E-state index < -0.39 is 0 Å². The summed E-state index contributed by atoms with van der Waals surface area (Å²) in [7, 11) is 0. The molecule has 4 heteroatoms.